The fourth-order valence-corrected chi connectivity index (χ4v) is 3.04. The molecule has 0 aliphatic carbocycles. The van der Waals surface area contributed by atoms with E-state index < -0.39 is 0 Å². The van der Waals surface area contributed by atoms with Gasteiger partial charge in [0.1, 0.15) is 13.2 Å². The zero-order valence-electron chi connectivity index (χ0n) is 15.7. The van der Waals surface area contributed by atoms with Crippen molar-refractivity contribution in [2.24, 2.45) is 0 Å². The number of benzene rings is 2. The van der Waals surface area contributed by atoms with Crippen LogP contribution in [-0.4, -0.2) is 49.6 Å². The van der Waals surface area contributed by atoms with E-state index in [1.807, 2.05) is 49.3 Å². The normalized spacial score (nSPS) is 12.9. The van der Waals surface area contributed by atoms with Crippen LogP contribution < -0.4 is 9.47 Å². The van der Waals surface area contributed by atoms with Crippen molar-refractivity contribution in [2.45, 2.75) is 20.0 Å². The van der Waals surface area contributed by atoms with Crippen LogP contribution in [0.1, 0.15) is 16.7 Å². The van der Waals surface area contributed by atoms with Gasteiger partial charge in [0.15, 0.2) is 11.5 Å². The molecule has 0 saturated carbocycles. The highest BCUT2D eigenvalue weighted by molar-refractivity contribution is 5.78. The van der Waals surface area contributed by atoms with Crippen LogP contribution in [0.5, 0.6) is 11.5 Å². The first-order valence-corrected chi connectivity index (χ1v) is 8.88. The summed E-state index contributed by atoms with van der Waals surface area (Å²) in [5.41, 5.74) is 3.49. The molecule has 0 saturated heterocycles. The summed E-state index contributed by atoms with van der Waals surface area (Å²) in [6.45, 7) is 4.92. The van der Waals surface area contributed by atoms with Gasteiger partial charge in [-0.25, -0.2) is 0 Å². The van der Waals surface area contributed by atoms with E-state index in [4.69, 9.17) is 9.47 Å². The van der Waals surface area contributed by atoms with E-state index in [1.54, 1.807) is 4.90 Å². The monoisotopic (exact) mass is 354 g/mol. The average Bonchev–Trinajstić information content (AvgIpc) is 2.63. The summed E-state index contributed by atoms with van der Waals surface area (Å²) >= 11 is 0. The first-order valence-electron chi connectivity index (χ1n) is 8.88. The number of aryl methyl sites for hydroxylation is 1. The Hall–Kier alpha value is -2.53. The number of carbonyl (C=O) groups excluding carboxylic acids is 1. The fraction of sp³-hybridized carbons (Fsp3) is 0.381. The van der Waals surface area contributed by atoms with Crippen molar-refractivity contribution in [1.29, 1.82) is 0 Å². The molecule has 0 radical (unpaired) electrons. The Morgan fingerprint density at radius 2 is 1.73 bits per heavy atom. The second-order valence-electron chi connectivity index (χ2n) is 6.83. The van der Waals surface area contributed by atoms with Crippen LogP contribution in [0.25, 0.3) is 0 Å². The summed E-state index contributed by atoms with van der Waals surface area (Å²) in [6.07, 6.45) is 0. The minimum Gasteiger partial charge on any atom is -0.486 e. The van der Waals surface area contributed by atoms with Gasteiger partial charge in [0.25, 0.3) is 0 Å². The van der Waals surface area contributed by atoms with Gasteiger partial charge in [0.2, 0.25) is 5.91 Å². The van der Waals surface area contributed by atoms with E-state index in [0.717, 1.165) is 17.1 Å². The Labute approximate surface area is 155 Å². The van der Waals surface area contributed by atoms with Crippen molar-refractivity contribution in [3.63, 3.8) is 0 Å². The molecule has 3 rings (SSSR count). The minimum atomic E-state index is 0.105. The minimum absolute atomic E-state index is 0.105. The van der Waals surface area contributed by atoms with Crippen molar-refractivity contribution >= 4 is 5.91 Å². The molecular formula is C21H26N2O3. The summed E-state index contributed by atoms with van der Waals surface area (Å²) in [7, 11) is 3.81. The zero-order chi connectivity index (χ0) is 18.5. The van der Waals surface area contributed by atoms with Gasteiger partial charge in [-0.3, -0.25) is 9.69 Å². The Kier molecular flexibility index (Phi) is 5.78. The molecule has 0 aromatic heterocycles. The maximum atomic E-state index is 12.5. The highest BCUT2D eigenvalue weighted by atomic mass is 16.6. The second-order valence-corrected chi connectivity index (χ2v) is 6.83. The van der Waals surface area contributed by atoms with Crippen molar-refractivity contribution in [1.82, 2.24) is 9.80 Å². The predicted octanol–water partition coefficient (Wildman–Crippen LogP) is 2.86. The first-order chi connectivity index (χ1) is 12.5. The van der Waals surface area contributed by atoms with E-state index in [-0.39, 0.29) is 5.91 Å². The maximum Gasteiger partial charge on any atom is 0.236 e. The van der Waals surface area contributed by atoms with Crippen LogP contribution in [0.4, 0.5) is 0 Å². The van der Waals surface area contributed by atoms with E-state index in [9.17, 15) is 4.79 Å². The molecule has 1 heterocycles. The van der Waals surface area contributed by atoms with E-state index in [0.29, 0.717) is 32.8 Å². The highest BCUT2D eigenvalue weighted by Gasteiger charge is 2.15. The lowest BCUT2D eigenvalue weighted by molar-refractivity contribution is -0.131. The topological polar surface area (TPSA) is 42.0 Å². The summed E-state index contributed by atoms with van der Waals surface area (Å²) in [6, 6.07) is 14.1. The number of ether oxygens (including phenoxy) is 2. The largest absolute Gasteiger partial charge is 0.486 e. The molecule has 1 amide bonds. The first kappa shape index (κ1) is 18.3. The summed E-state index contributed by atoms with van der Waals surface area (Å²) in [5.74, 6) is 1.68. The molecule has 0 fully saturated rings. The van der Waals surface area contributed by atoms with Crippen molar-refractivity contribution < 1.29 is 14.3 Å². The zero-order valence-corrected chi connectivity index (χ0v) is 15.7. The maximum absolute atomic E-state index is 12.5. The van der Waals surface area contributed by atoms with Crippen LogP contribution in [0.3, 0.4) is 0 Å². The number of amides is 1. The number of fused-ring (bicyclic) bond motifs is 1. The molecule has 0 bridgehead atoms. The van der Waals surface area contributed by atoms with Gasteiger partial charge in [0.05, 0.1) is 6.54 Å². The Morgan fingerprint density at radius 1 is 1.00 bits per heavy atom. The Morgan fingerprint density at radius 3 is 2.50 bits per heavy atom. The average molecular weight is 354 g/mol. The molecule has 1 aliphatic rings. The molecule has 2 aromatic carbocycles. The number of likely N-dealkylation sites (N-methyl/N-ethyl adjacent to an activating group) is 2. The number of nitrogens with zero attached hydrogens (tertiary/aromatic N) is 2. The molecule has 138 valence electrons. The molecule has 0 atom stereocenters. The van der Waals surface area contributed by atoms with Gasteiger partial charge >= 0.3 is 0 Å². The van der Waals surface area contributed by atoms with Crippen molar-refractivity contribution in [3.8, 4) is 11.5 Å². The van der Waals surface area contributed by atoms with Crippen LogP contribution in [-0.2, 0) is 17.9 Å². The highest BCUT2D eigenvalue weighted by Crippen LogP contribution is 2.31. The lowest BCUT2D eigenvalue weighted by Crippen LogP contribution is -2.36. The molecule has 5 nitrogen and oxygen atoms in total. The second kappa shape index (κ2) is 8.23. The summed E-state index contributed by atoms with van der Waals surface area (Å²) < 4.78 is 11.2. The smallest absolute Gasteiger partial charge is 0.236 e. The molecule has 0 spiro atoms. The van der Waals surface area contributed by atoms with Crippen LogP contribution in [0.2, 0.25) is 0 Å². The summed E-state index contributed by atoms with van der Waals surface area (Å²) in [5, 5.41) is 0. The fourth-order valence-electron chi connectivity index (χ4n) is 3.04. The van der Waals surface area contributed by atoms with Gasteiger partial charge < -0.3 is 14.4 Å². The van der Waals surface area contributed by atoms with Gasteiger partial charge in [-0.05, 0) is 42.8 Å². The lowest BCUT2D eigenvalue weighted by Gasteiger charge is -2.23. The third-order valence-electron chi connectivity index (χ3n) is 4.56. The van der Waals surface area contributed by atoms with Gasteiger partial charge in [-0.15, -0.1) is 0 Å². The van der Waals surface area contributed by atoms with E-state index >= 15 is 0 Å². The van der Waals surface area contributed by atoms with Crippen molar-refractivity contribution in [2.75, 3.05) is 33.9 Å². The molecular weight excluding hydrogens is 328 g/mol. The standard InChI is InChI=1S/C21H26N2O3/c1-16-6-4-5-7-18(16)14-23(3)21(24)15-22(2)13-17-8-9-19-20(12-17)26-11-10-25-19/h4-9,12H,10-11,13-15H2,1-3H3. The predicted molar refractivity (Wildman–Crippen MR) is 101 cm³/mol. The van der Waals surface area contributed by atoms with Crippen LogP contribution in [0.15, 0.2) is 42.5 Å². The summed E-state index contributed by atoms with van der Waals surface area (Å²) in [4.78, 5) is 16.3. The Bertz CT molecular complexity index is 776. The third kappa shape index (κ3) is 4.55. The van der Waals surface area contributed by atoms with E-state index in [1.165, 1.54) is 11.1 Å². The van der Waals surface area contributed by atoms with E-state index in [2.05, 4.69) is 19.1 Å². The third-order valence-corrected chi connectivity index (χ3v) is 4.56. The molecule has 26 heavy (non-hydrogen) atoms. The number of hydrogen-bond acceptors (Lipinski definition) is 4. The molecule has 0 unspecified atom stereocenters. The lowest BCUT2D eigenvalue weighted by atomic mass is 10.1. The molecule has 0 N–H and O–H groups in total. The molecule has 1 aliphatic heterocycles. The van der Waals surface area contributed by atoms with Crippen molar-refractivity contribution in [3.05, 3.63) is 59.2 Å². The van der Waals surface area contributed by atoms with Gasteiger partial charge in [-0.2, -0.15) is 0 Å². The molecule has 5 heteroatoms. The number of hydrogen-bond donors (Lipinski definition) is 0. The van der Waals surface area contributed by atoms with Gasteiger partial charge in [-0.1, -0.05) is 30.3 Å². The van der Waals surface area contributed by atoms with Crippen LogP contribution in [0, 0.1) is 6.92 Å². The quantitative estimate of drug-likeness (QED) is 0.800. The van der Waals surface area contributed by atoms with Crippen LogP contribution >= 0.6 is 0 Å². The number of carbonyl (C=O) groups is 1. The van der Waals surface area contributed by atoms with Gasteiger partial charge in [0, 0.05) is 20.1 Å². The molecule has 2 aromatic rings. The SMILES string of the molecule is Cc1ccccc1CN(C)C(=O)CN(C)Cc1ccc2c(c1)OCCO2. The Balaban J connectivity index is 1.54. The number of rotatable bonds is 6.